The van der Waals surface area contributed by atoms with E-state index < -0.39 is 12.1 Å². The number of carbonyl (C=O) groups excluding carboxylic acids is 1. The fraction of sp³-hybridized carbons (Fsp3) is 0.231. The van der Waals surface area contributed by atoms with E-state index in [9.17, 15) is 18.0 Å². The van der Waals surface area contributed by atoms with E-state index >= 15 is 0 Å². The van der Waals surface area contributed by atoms with Crippen LogP contribution in [0.15, 0.2) is 54.7 Å². The molecule has 3 heterocycles. The normalized spacial score (nSPS) is 13.0. The van der Waals surface area contributed by atoms with Crippen LogP contribution in [0.5, 0.6) is 0 Å². The fourth-order valence-electron chi connectivity index (χ4n) is 3.77. The van der Waals surface area contributed by atoms with Crippen molar-refractivity contribution in [2.45, 2.75) is 25.7 Å². The number of hydrogen-bond acceptors (Lipinski definition) is 8. The van der Waals surface area contributed by atoms with Crippen LogP contribution >= 0.6 is 11.3 Å². The van der Waals surface area contributed by atoms with Gasteiger partial charge in [-0.2, -0.15) is 18.4 Å². The Hall–Kier alpha value is -4.61. The van der Waals surface area contributed by atoms with E-state index in [1.54, 1.807) is 34.2 Å². The average Bonchev–Trinajstić information content (AvgIpc) is 3.55. The van der Waals surface area contributed by atoms with Gasteiger partial charge in [-0.1, -0.05) is 29.5 Å². The first-order valence-corrected chi connectivity index (χ1v) is 12.6. The number of benzene rings is 2. The summed E-state index contributed by atoms with van der Waals surface area (Å²) >= 11 is 1.55. The molecule has 1 aliphatic heterocycles. The average molecular weight is 570 g/mol. The highest BCUT2D eigenvalue weighted by atomic mass is 32.1. The van der Waals surface area contributed by atoms with Crippen molar-refractivity contribution in [3.8, 4) is 17.3 Å². The second-order valence-corrected chi connectivity index (χ2v) is 9.91. The van der Waals surface area contributed by atoms with Crippen LogP contribution in [0.25, 0.3) is 11.3 Å². The van der Waals surface area contributed by atoms with Crippen molar-refractivity contribution < 1.29 is 27.9 Å². The third-order valence-corrected chi connectivity index (χ3v) is 6.77. The quantitative estimate of drug-likeness (QED) is 0.365. The van der Waals surface area contributed by atoms with E-state index in [0.29, 0.717) is 22.8 Å². The smallest absolute Gasteiger partial charge is 0.475 e. The molecule has 0 saturated carbocycles. The molecule has 10 nitrogen and oxygen atoms in total. The number of thiazole rings is 1. The number of nitrogens with zero attached hydrogens (tertiary/aromatic N) is 6. The van der Waals surface area contributed by atoms with Gasteiger partial charge in [-0.3, -0.25) is 10.1 Å². The number of nitrogens with one attached hydrogen (secondary N) is 1. The lowest BCUT2D eigenvalue weighted by molar-refractivity contribution is -0.192. The zero-order valence-electron chi connectivity index (χ0n) is 21.0. The van der Waals surface area contributed by atoms with Gasteiger partial charge in [0, 0.05) is 35.5 Å². The molecule has 5 rings (SSSR count). The van der Waals surface area contributed by atoms with Crippen LogP contribution in [-0.4, -0.2) is 61.6 Å². The molecule has 206 valence electrons. The second-order valence-electron chi connectivity index (χ2n) is 8.82. The minimum absolute atomic E-state index is 0.173. The Labute approximate surface area is 230 Å². The number of fused-ring (bicyclic) bond motifs is 1. The predicted octanol–water partition coefficient (Wildman–Crippen LogP) is 4.20. The zero-order valence-corrected chi connectivity index (χ0v) is 21.8. The summed E-state index contributed by atoms with van der Waals surface area (Å²) in [5, 5.41) is 28.1. The molecule has 0 spiro atoms. The third kappa shape index (κ3) is 7.28. The molecular weight excluding hydrogens is 547 g/mol. The van der Waals surface area contributed by atoms with Gasteiger partial charge in [-0.15, -0.1) is 16.4 Å². The van der Waals surface area contributed by atoms with Crippen LogP contribution in [0.2, 0.25) is 0 Å². The van der Waals surface area contributed by atoms with E-state index in [1.165, 1.54) is 4.88 Å². The van der Waals surface area contributed by atoms with Gasteiger partial charge in [0.15, 0.2) is 5.13 Å². The van der Waals surface area contributed by atoms with Gasteiger partial charge in [-0.05, 0) is 36.9 Å². The van der Waals surface area contributed by atoms with E-state index in [1.807, 2.05) is 36.5 Å². The molecule has 0 saturated heterocycles. The molecule has 0 radical (unpaired) electrons. The Balaban J connectivity index is 0.000000470. The zero-order chi connectivity index (χ0) is 28.9. The second kappa shape index (κ2) is 12.1. The van der Waals surface area contributed by atoms with Crippen molar-refractivity contribution in [1.29, 1.82) is 5.26 Å². The molecule has 14 heteroatoms. The Morgan fingerprint density at radius 1 is 1.20 bits per heavy atom. The molecule has 1 amide bonds. The first-order chi connectivity index (χ1) is 19.0. The molecule has 0 atom stereocenters. The number of carbonyl (C=O) groups is 2. The van der Waals surface area contributed by atoms with Crippen LogP contribution in [0.1, 0.15) is 32.1 Å². The van der Waals surface area contributed by atoms with Crippen LogP contribution in [0.4, 0.5) is 18.3 Å². The number of alkyl halides is 3. The van der Waals surface area contributed by atoms with Gasteiger partial charge < -0.3 is 10.0 Å². The fourth-order valence-corrected chi connectivity index (χ4v) is 4.85. The summed E-state index contributed by atoms with van der Waals surface area (Å²) in [6.45, 7) is 2.35. The number of likely N-dealkylation sites (N-methyl/N-ethyl adjacent to an activating group) is 1. The van der Waals surface area contributed by atoms with Gasteiger partial charge in [-0.25, -0.2) is 14.5 Å². The Morgan fingerprint density at radius 2 is 1.93 bits per heavy atom. The summed E-state index contributed by atoms with van der Waals surface area (Å²) in [5.41, 5.74) is 4.83. The molecule has 2 aromatic carbocycles. The largest absolute Gasteiger partial charge is 0.490 e. The first-order valence-electron chi connectivity index (χ1n) is 11.8. The summed E-state index contributed by atoms with van der Waals surface area (Å²) in [6, 6.07) is 16.8. The van der Waals surface area contributed by atoms with Crippen LogP contribution in [0, 0.1) is 11.3 Å². The maximum absolute atomic E-state index is 12.8. The van der Waals surface area contributed by atoms with Crippen molar-refractivity contribution in [3.05, 3.63) is 82.0 Å². The Morgan fingerprint density at radius 3 is 2.60 bits per heavy atom. The number of carboxylic acids is 1. The highest BCUT2D eigenvalue weighted by molar-refractivity contribution is 7.15. The summed E-state index contributed by atoms with van der Waals surface area (Å²) in [4.78, 5) is 29.8. The monoisotopic (exact) mass is 569 g/mol. The van der Waals surface area contributed by atoms with Gasteiger partial charge >= 0.3 is 12.1 Å². The molecule has 0 unspecified atom stereocenters. The van der Waals surface area contributed by atoms with Gasteiger partial charge in [0.05, 0.1) is 30.1 Å². The van der Waals surface area contributed by atoms with Crippen molar-refractivity contribution in [3.63, 3.8) is 0 Å². The molecule has 2 aromatic heterocycles. The number of halogens is 3. The minimum atomic E-state index is -5.08. The summed E-state index contributed by atoms with van der Waals surface area (Å²) in [5.74, 6) is -2.93. The number of anilines is 1. The third-order valence-electron chi connectivity index (χ3n) is 5.77. The molecule has 40 heavy (non-hydrogen) atoms. The SMILES string of the molecule is CN1CCc2nc(NC(=O)c3cccc(Cn4cc(-c5ccc(C#N)cc5)nn4)c3)sc2C1.O=C(O)C(F)(F)F. The van der Waals surface area contributed by atoms with Crippen molar-refractivity contribution >= 4 is 28.3 Å². The van der Waals surface area contributed by atoms with Crippen molar-refractivity contribution in [2.24, 2.45) is 0 Å². The molecule has 0 fully saturated rings. The lowest BCUT2D eigenvalue weighted by atomic mass is 10.1. The number of amides is 1. The van der Waals surface area contributed by atoms with E-state index in [-0.39, 0.29) is 5.91 Å². The number of aromatic nitrogens is 4. The summed E-state index contributed by atoms with van der Waals surface area (Å²) in [6.07, 6.45) is -2.32. The maximum Gasteiger partial charge on any atom is 0.490 e. The number of nitriles is 1. The molecule has 0 aliphatic carbocycles. The van der Waals surface area contributed by atoms with Crippen LogP contribution < -0.4 is 5.32 Å². The van der Waals surface area contributed by atoms with E-state index in [0.717, 1.165) is 42.0 Å². The first kappa shape index (κ1) is 28.4. The minimum Gasteiger partial charge on any atom is -0.475 e. The number of rotatable bonds is 5. The molecule has 2 N–H and O–H groups in total. The molecular formula is C26H22F3N7O3S. The standard InChI is InChI=1S/C24H21N7OS.C2HF3O2/c1-30-10-9-20-22(15-30)33-24(26-20)27-23(32)19-4-2-3-17(11-19)13-31-14-21(28-29-31)18-7-5-16(12-25)6-8-18;3-2(4,5)1(6)7/h2-8,11,14H,9-10,13,15H2,1H3,(H,26,27,32);(H,6,7). The van der Waals surface area contributed by atoms with E-state index in [4.69, 9.17) is 15.2 Å². The van der Waals surface area contributed by atoms with Gasteiger partial charge in [0.2, 0.25) is 0 Å². The Kier molecular flexibility index (Phi) is 8.56. The molecule has 4 aromatic rings. The maximum atomic E-state index is 12.8. The lowest BCUT2D eigenvalue weighted by Gasteiger charge is -2.20. The lowest BCUT2D eigenvalue weighted by Crippen LogP contribution is -2.25. The van der Waals surface area contributed by atoms with E-state index in [2.05, 4.69) is 38.6 Å². The van der Waals surface area contributed by atoms with Crippen LogP contribution in [-0.2, 0) is 24.3 Å². The topological polar surface area (TPSA) is 137 Å². The molecule has 0 bridgehead atoms. The number of aliphatic carboxylic acids is 1. The highest BCUT2D eigenvalue weighted by Crippen LogP contribution is 2.28. The van der Waals surface area contributed by atoms with Gasteiger partial charge in [0.1, 0.15) is 5.69 Å². The highest BCUT2D eigenvalue weighted by Gasteiger charge is 2.38. The summed E-state index contributed by atoms with van der Waals surface area (Å²) < 4.78 is 33.5. The summed E-state index contributed by atoms with van der Waals surface area (Å²) in [7, 11) is 2.09. The van der Waals surface area contributed by atoms with Gasteiger partial charge in [0.25, 0.3) is 5.91 Å². The van der Waals surface area contributed by atoms with Crippen molar-refractivity contribution in [1.82, 2.24) is 24.9 Å². The number of hydrogen-bond donors (Lipinski definition) is 2. The Bertz CT molecular complexity index is 1560. The number of carboxylic acid groups (broad SMARTS) is 1. The van der Waals surface area contributed by atoms with Crippen LogP contribution in [0.3, 0.4) is 0 Å². The van der Waals surface area contributed by atoms with Crippen molar-refractivity contribution in [2.75, 3.05) is 18.9 Å². The predicted molar refractivity (Wildman–Crippen MR) is 140 cm³/mol. The molecule has 1 aliphatic rings.